The Balaban J connectivity index is 2.91. The summed E-state index contributed by atoms with van der Waals surface area (Å²) in [4.78, 5) is 0. The molecule has 1 nitrogen and oxygen atoms in total. The van der Waals surface area contributed by atoms with Crippen LogP contribution in [0.2, 0.25) is 3.93 Å². The second kappa shape index (κ2) is 5.54. The van der Waals surface area contributed by atoms with Gasteiger partial charge in [0.05, 0.1) is 0 Å². The molecule has 9 heavy (non-hydrogen) atoms. The predicted octanol–water partition coefficient (Wildman–Crippen LogP) is 1.48. The molecule has 0 fully saturated rings. The SMILES string of the molecule is CC(N)CCC[CH](C)[Sn]. The van der Waals surface area contributed by atoms with Gasteiger partial charge in [0.1, 0.15) is 0 Å². The van der Waals surface area contributed by atoms with E-state index in [-0.39, 0.29) is 0 Å². The van der Waals surface area contributed by atoms with Gasteiger partial charge in [0.2, 0.25) is 0 Å². The number of nitrogens with two attached hydrogens (primary N) is 1. The van der Waals surface area contributed by atoms with E-state index in [1.807, 2.05) is 0 Å². The predicted molar refractivity (Wildman–Crippen MR) is 42.7 cm³/mol. The zero-order chi connectivity index (χ0) is 7.28. The van der Waals surface area contributed by atoms with Gasteiger partial charge in [-0.05, 0) is 0 Å². The van der Waals surface area contributed by atoms with Crippen LogP contribution in [0.4, 0.5) is 0 Å². The molecule has 0 aromatic carbocycles. The number of hydrogen-bond acceptors (Lipinski definition) is 1. The average Bonchev–Trinajstić information content (AvgIpc) is 1.63. The molecule has 0 aromatic heterocycles. The van der Waals surface area contributed by atoms with Crippen LogP contribution in [0.15, 0.2) is 0 Å². The van der Waals surface area contributed by atoms with Crippen LogP contribution in [0.1, 0.15) is 33.1 Å². The van der Waals surface area contributed by atoms with Crippen molar-refractivity contribution in [2.75, 3.05) is 0 Å². The van der Waals surface area contributed by atoms with Crippen molar-refractivity contribution < 1.29 is 0 Å². The molecule has 2 heteroatoms. The molecular weight excluding hydrogens is 217 g/mol. The van der Waals surface area contributed by atoms with E-state index in [1.54, 1.807) is 22.5 Å². The van der Waals surface area contributed by atoms with E-state index in [0.29, 0.717) is 6.04 Å². The van der Waals surface area contributed by atoms with Gasteiger partial charge in [-0.15, -0.1) is 0 Å². The molecule has 0 amide bonds. The molecule has 0 aliphatic carbocycles. The van der Waals surface area contributed by atoms with E-state index in [2.05, 4.69) is 13.8 Å². The van der Waals surface area contributed by atoms with Crippen LogP contribution in [0.25, 0.3) is 0 Å². The van der Waals surface area contributed by atoms with Gasteiger partial charge in [-0.3, -0.25) is 0 Å². The number of rotatable bonds is 4. The van der Waals surface area contributed by atoms with E-state index < -0.39 is 0 Å². The van der Waals surface area contributed by atoms with Crippen molar-refractivity contribution >= 4 is 22.5 Å². The average molecular weight is 233 g/mol. The minimum absolute atomic E-state index is 0.402. The normalized spacial score (nSPS) is 17.3. The van der Waals surface area contributed by atoms with Crippen LogP contribution in [0, 0.1) is 0 Å². The fourth-order valence-corrected chi connectivity index (χ4v) is 1.33. The molecular formula is C7H16NSn. The van der Waals surface area contributed by atoms with Crippen molar-refractivity contribution in [1.29, 1.82) is 0 Å². The minimum atomic E-state index is 0.402. The first-order chi connectivity index (χ1) is 4.13. The van der Waals surface area contributed by atoms with E-state index in [1.165, 1.54) is 19.3 Å². The third-order valence-electron chi connectivity index (χ3n) is 1.30. The topological polar surface area (TPSA) is 26.0 Å². The quantitative estimate of drug-likeness (QED) is 0.731. The Morgan fingerprint density at radius 2 is 1.89 bits per heavy atom. The molecule has 0 rings (SSSR count). The molecule has 0 aromatic rings. The van der Waals surface area contributed by atoms with Gasteiger partial charge in [0, 0.05) is 0 Å². The summed E-state index contributed by atoms with van der Waals surface area (Å²) in [6.45, 7) is 4.37. The second-order valence-electron chi connectivity index (χ2n) is 2.81. The molecule has 0 aliphatic heterocycles. The first-order valence-corrected chi connectivity index (χ1v) is 5.24. The van der Waals surface area contributed by atoms with Crippen molar-refractivity contribution in [1.82, 2.24) is 0 Å². The van der Waals surface area contributed by atoms with E-state index in [0.717, 1.165) is 3.93 Å². The Kier molecular flexibility index (Phi) is 6.00. The summed E-state index contributed by atoms with van der Waals surface area (Å²) in [5.41, 5.74) is 5.59. The Morgan fingerprint density at radius 3 is 2.22 bits per heavy atom. The van der Waals surface area contributed by atoms with Crippen LogP contribution >= 0.6 is 0 Å². The summed E-state index contributed by atoms with van der Waals surface area (Å²) in [5.74, 6) is 0. The van der Waals surface area contributed by atoms with Crippen molar-refractivity contribution in [3.8, 4) is 0 Å². The van der Waals surface area contributed by atoms with Crippen LogP contribution in [0.5, 0.6) is 0 Å². The molecule has 0 saturated heterocycles. The third-order valence-corrected chi connectivity index (χ3v) is 2.12. The van der Waals surface area contributed by atoms with Crippen LogP contribution < -0.4 is 5.73 Å². The van der Waals surface area contributed by atoms with Gasteiger partial charge >= 0.3 is 71.3 Å². The van der Waals surface area contributed by atoms with Crippen LogP contribution in [-0.4, -0.2) is 28.6 Å². The van der Waals surface area contributed by atoms with Gasteiger partial charge in [-0.25, -0.2) is 0 Å². The molecule has 0 spiro atoms. The Labute approximate surface area is 71.5 Å². The fraction of sp³-hybridized carbons (Fsp3) is 1.00. The molecule has 2 atom stereocenters. The molecule has 0 bridgehead atoms. The Hall–Kier alpha value is 0.759. The zero-order valence-electron chi connectivity index (χ0n) is 6.35. The van der Waals surface area contributed by atoms with Gasteiger partial charge in [0.25, 0.3) is 0 Å². The Morgan fingerprint density at radius 1 is 1.33 bits per heavy atom. The van der Waals surface area contributed by atoms with E-state index in [4.69, 9.17) is 5.73 Å². The summed E-state index contributed by atoms with van der Waals surface area (Å²) in [6, 6.07) is 0.402. The van der Waals surface area contributed by atoms with Crippen molar-refractivity contribution in [3.63, 3.8) is 0 Å². The third kappa shape index (κ3) is 8.76. The first-order valence-electron chi connectivity index (χ1n) is 3.59. The summed E-state index contributed by atoms with van der Waals surface area (Å²) < 4.78 is 0.927. The van der Waals surface area contributed by atoms with Gasteiger partial charge in [-0.2, -0.15) is 0 Å². The molecule has 2 N–H and O–H groups in total. The monoisotopic (exact) mass is 234 g/mol. The molecule has 0 saturated carbocycles. The maximum absolute atomic E-state index is 5.59. The molecule has 0 aliphatic rings. The van der Waals surface area contributed by atoms with Crippen LogP contribution in [-0.2, 0) is 0 Å². The van der Waals surface area contributed by atoms with Crippen molar-refractivity contribution in [2.24, 2.45) is 5.73 Å². The van der Waals surface area contributed by atoms with Gasteiger partial charge in [0.15, 0.2) is 0 Å². The van der Waals surface area contributed by atoms with E-state index >= 15 is 0 Å². The standard InChI is InChI=1S/C7H16N.Sn/c1-3-4-5-6-7(2)8;/h3,7H,4-6,8H2,1-2H3;. The maximum atomic E-state index is 5.59. The molecule has 53 valence electrons. The summed E-state index contributed by atoms with van der Waals surface area (Å²) in [5, 5.41) is 0. The van der Waals surface area contributed by atoms with Crippen molar-refractivity contribution in [3.05, 3.63) is 0 Å². The van der Waals surface area contributed by atoms with Gasteiger partial charge < -0.3 is 0 Å². The van der Waals surface area contributed by atoms with Crippen LogP contribution in [0.3, 0.4) is 0 Å². The Bertz CT molecular complexity index is 53.9. The molecule has 2 unspecified atom stereocenters. The summed E-state index contributed by atoms with van der Waals surface area (Å²) in [6.07, 6.45) is 3.86. The number of hydrogen-bond donors (Lipinski definition) is 1. The zero-order valence-corrected chi connectivity index (χ0v) is 9.21. The second-order valence-corrected chi connectivity index (χ2v) is 5.62. The summed E-state index contributed by atoms with van der Waals surface area (Å²) >= 11 is 1.66. The van der Waals surface area contributed by atoms with E-state index in [9.17, 15) is 0 Å². The first kappa shape index (κ1) is 9.76. The summed E-state index contributed by atoms with van der Waals surface area (Å²) in [7, 11) is 0. The fourth-order valence-electron chi connectivity index (χ4n) is 0.746. The van der Waals surface area contributed by atoms with Crippen molar-refractivity contribution in [2.45, 2.75) is 43.1 Å². The molecule has 3 radical (unpaired) electrons. The van der Waals surface area contributed by atoms with Gasteiger partial charge in [-0.1, -0.05) is 0 Å². The molecule has 0 heterocycles.